The Hall–Kier alpha value is 0.610. The van der Waals surface area contributed by atoms with Crippen molar-refractivity contribution in [3.8, 4) is 0 Å². The van der Waals surface area contributed by atoms with E-state index >= 15 is 0 Å². The van der Waals surface area contributed by atoms with Crippen LogP contribution in [0.5, 0.6) is 0 Å². The molecule has 0 aliphatic rings. The zero-order valence-corrected chi connectivity index (χ0v) is 18.7. The van der Waals surface area contributed by atoms with Gasteiger partial charge in [-0.15, -0.1) is 0 Å². The maximum Gasteiger partial charge on any atom is 0.397 e. The first-order chi connectivity index (χ1) is 11.1. The molecule has 0 saturated carbocycles. The van der Waals surface area contributed by atoms with Crippen molar-refractivity contribution in [1.82, 2.24) is 0 Å². The van der Waals surface area contributed by atoms with Crippen LogP contribution in [-0.2, 0) is 14.6 Å². The van der Waals surface area contributed by atoms with Gasteiger partial charge in [-0.25, -0.2) is 4.18 Å². The zero-order chi connectivity index (χ0) is 17.2. The monoisotopic (exact) mass is 371 g/mol. The molecule has 0 saturated heterocycles. The fourth-order valence-electron chi connectivity index (χ4n) is 2.51. The van der Waals surface area contributed by atoms with Gasteiger partial charge in [0, 0.05) is 29.6 Å². The van der Waals surface area contributed by atoms with Crippen LogP contribution in [0.2, 0.25) is 0 Å². The van der Waals surface area contributed by atoms with Crippen LogP contribution in [0.1, 0.15) is 96.8 Å². The minimum absolute atomic E-state index is 0. The van der Waals surface area contributed by atoms with Gasteiger partial charge in [-0.3, -0.25) is 4.55 Å². The van der Waals surface area contributed by atoms with E-state index in [1.54, 1.807) is 0 Å². The quantitative estimate of drug-likeness (QED) is 0.159. The van der Waals surface area contributed by atoms with Crippen molar-refractivity contribution in [2.24, 2.45) is 0 Å². The van der Waals surface area contributed by atoms with Crippen molar-refractivity contribution < 1.29 is 17.2 Å². The summed E-state index contributed by atoms with van der Waals surface area (Å²) in [7, 11) is -4.25. The van der Waals surface area contributed by atoms with Crippen LogP contribution in [-0.4, -0.2) is 49.1 Å². The maximum atomic E-state index is 10.3. The van der Waals surface area contributed by atoms with E-state index in [-0.39, 0.29) is 36.2 Å². The molecule has 139 valence electrons. The fraction of sp³-hybridized carbons (Fsp3) is 0.889. The predicted molar refractivity (Wildman–Crippen MR) is 103 cm³/mol. The van der Waals surface area contributed by atoms with E-state index in [1.165, 1.54) is 70.6 Å². The third-order valence-electron chi connectivity index (χ3n) is 3.89. The van der Waals surface area contributed by atoms with Crippen LogP contribution in [0.25, 0.3) is 0 Å². The molecular weight excluding hydrogens is 335 g/mol. The average molecular weight is 372 g/mol. The Labute approximate surface area is 172 Å². The van der Waals surface area contributed by atoms with Gasteiger partial charge in [0.05, 0.1) is 6.61 Å². The second-order valence-electron chi connectivity index (χ2n) is 6.19. The minimum Gasteiger partial charge on any atom is -0.264 e. The Kier molecular flexibility index (Phi) is 22.3. The Morgan fingerprint density at radius 3 is 1.62 bits per heavy atom. The molecule has 1 N–H and O–H groups in total. The summed E-state index contributed by atoms with van der Waals surface area (Å²) in [6.07, 6.45) is 21.5. The molecule has 24 heavy (non-hydrogen) atoms. The molecule has 0 aliphatic heterocycles. The van der Waals surface area contributed by atoms with Crippen LogP contribution in [0.4, 0.5) is 0 Å². The van der Waals surface area contributed by atoms with Gasteiger partial charge in [0.2, 0.25) is 0 Å². The third kappa shape index (κ3) is 24.9. The standard InChI is InChI=1S/C18H36O4S.Na/c1-2-3-4-5-6-7-8-9-10-11-12-13-14-15-16-17-18-22-23(19,20)21;/h9-10H,2-8,11-18H2,1H3,(H,19,20,21);. The van der Waals surface area contributed by atoms with Gasteiger partial charge in [-0.05, 0) is 32.1 Å². The molecule has 0 spiro atoms. The summed E-state index contributed by atoms with van der Waals surface area (Å²) in [4.78, 5) is 0. The Morgan fingerprint density at radius 1 is 0.750 bits per heavy atom. The fourth-order valence-corrected chi connectivity index (χ4v) is 2.84. The van der Waals surface area contributed by atoms with Crippen molar-refractivity contribution in [3.63, 3.8) is 0 Å². The van der Waals surface area contributed by atoms with Gasteiger partial charge in [-0.1, -0.05) is 76.9 Å². The van der Waals surface area contributed by atoms with Crippen molar-refractivity contribution >= 4 is 40.0 Å². The Balaban J connectivity index is 0. The number of unbranched alkanes of at least 4 members (excludes halogenated alkanes) is 12. The smallest absolute Gasteiger partial charge is 0.264 e. The minimum atomic E-state index is -4.25. The summed E-state index contributed by atoms with van der Waals surface area (Å²) >= 11 is 0. The average Bonchev–Trinajstić information content (AvgIpc) is 2.49. The molecule has 6 heteroatoms. The largest absolute Gasteiger partial charge is 0.397 e. The van der Waals surface area contributed by atoms with Gasteiger partial charge in [0.15, 0.2) is 0 Å². The van der Waals surface area contributed by atoms with Gasteiger partial charge >= 0.3 is 10.4 Å². The molecule has 0 rings (SSSR count). The van der Waals surface area contributed by atoms with Crippen LogP contribution in [0.15, 0.2) is 12.2 Å². The molecular formula is C18H36NaO4S. The van der Waals surface area contributed by atoms with E-state index < -0.39 is 10.4 Å². The van der Waals surface area contributed by atoms with E-state index in [4.69, 9.17) is 4.55 Å². The van der Waals surface area contributed by atoms with E-state index in [0.717, 1.165) is 12.8 Å². The van der Waals surface area contributed by atoms with Crippen LogP contribution >= 0.6 is 0 Å². The van der Waals surface area contributed by atoms with Gasteiger partial charge in [0.1, 0.15) is 0 Å². The summed E-state index contributed by atoms with van der Waals surface area (Å²) in [5, 5.41) is 0. The summed E-state index contributed by atoms with van der Waals surface area (Å²) in [5.74, 6) is 0. The SMILES string of the molecule is CCCCCCCCC=CCCCCCCCCOS(=O)(=O)O.[Na]. The first-order valence-electron chi connectivity index (χ1n) is 9.33. The molecule has 0 aromatic rings. The summed E-state index contributed by atoms with van der Waals surface area (Å²) in [6, 6.07) is 0. The first kappa shape index (κ1) is 26.8. The van der Waals surface area contributed by atoms with E-state index in [0.29, 0.717) is 6.42 Å². The molecule has 1 radical (unpaired) electrons. The topological polar surface area (TPSA) is 63.6 Å². The van der Waals surface area contributed by atoms with E-state index in [9.17, 15) is 8.42 Å². The van der Waals surface area contributed by atoms with Crippen LogP contribution in [0, 0.1) is 0 Å². The van der Waals surface area contributed by atoms with Crippen molar-refractivity contribution in [2.45, 2.75) is 96.8 Å². The first-order valence-corrected chi connectivity index (χ1v) is 10.7. The van der Waals surface area contributed by atoms with Crippen molar-refractivity contribution in [3.05, 3.63) is 12.2 Å². The molecule has 0 aromatic carbocycles. The predicted octanol–water partition coefficient (Wildman–Crippen LogP) is 5.46. The van der Waals surface area contributed by atoms with Crippen molar-refractivity contribution in [1.29, 1.82) is 0 Å². The summed E-state index contributed by atoms with van der Waals surface area (Å²) in [5.41, 5.74) is 0. The summed E-state index contributed by atoms with van der Waals surface area (Å²) in [6.45, 7) is 2.33. The van der Waals surface area contributed by atoms with Crippen molar-refractivity contribution in [2.75, 3.05) is 6.61 Å². The second kappa shape index (κ2) is 19.9. The van der Waals surface area contributed by atoms with Gasteiger partial charge in [-0.2, -0.15) is 8.42 Å². The number of hydrogen-bond acceptors (Lipinski definition) is 3. The molecule has 0 fully saturated rings. The Bertz CT molecular complexity index is 369. The van der Waals surface area contributed by atoms with Crippen LogP contribution < -0.4 is 0 Å². The van der Waals surface area contributed by atoms with E-state index in [2.05, 4.69) is 23.3 Å². The van der Waals surface area contributed by atoms with Crippen LogP contribution in [0.3, 0.4) is 0 Å². The number of hydrogen-bond donors (Lipinski definition) is 1. The molecule has 0 amide bonds. The molecule has 4 nitrogen and oxygen atoms in total. The molecule has 0 aromatic heterocycles. The number of allylic oxidation sites excluding steroid dienone is 2. The van der Waals surface area contributed by atoms with Gasteiger partial charge < -0.3 is 0 Å². The molecule has 0 unspecified atom stereocenters. The molecule has 0 atom stereocenters. The molecule has 0 heterocycles. The number of rotatable bonds is 17. The maximum absolute atomic E-state index is 10.3. The Morgan fingerprint density at radius 2 is 1.17 bits per heavy atom. The third-order valence-corrected chi connectivity index (χ3v) is 4.35. The summed E-state index contributed by atoms with van der Waals surface area (Å²) < 4.78 is 33.3. The molecule has 0 bridgehead atoms. The van der Waals surface area contributed by atoms with E-state index in [1.807, 2.05) is 0 Å². The second-order valence-corrected chi connectivity index (χ2v) is 7.28. The van der Waals surface area contributed by atoms with Gasteiger partial charge in [0.25, 0.3) is 0 Å². The molecule has 0 aliphatic carbocycles. The zero-order valence-electron chi connectivity index (χ0n) is 15.8. The normalized spacial score (nSPS) is 11.8.